The third kappa shape index (κ3) is 9.56. The molecule has 0 heterocycles. The number of hydrogen-bond donors (Lipinski definition) is 0. The zero-order valence-electron chi connectivity index (χ0n) is 8.23. The molecule has 0 atom stereocenters. The Balaban J connectivity index is 2.78. The molecule has 0 unspecified atom stereocenters. The Morgan fingerprint density at radius 3 is 2.17 bits per heavy atom. The Labute approximate surface area is 77.8 Å². The maximum atomic E-state index is 6.67. The van der Waals surface area contributed by atoms with E-state index in [-0.39, 0.29) is 0 Å². The van der Waals surface area contributed by atoms with E-state index in [9.17, 15) is 0 Å². The van der Waals surface area contributed by atoms with Crippen LogP contribution in [0.3, 0.4) is 0 Å². The van der Waals surface area contributed by atoms with Crippen LogP contribution in [0, 0.1) is 18.8 Å². The molecular weight excluding hydrogens is 144 g/mol. The second-order valence-electron chi connectivity index (χ2n) is 3.26. The highest BCUT2D eigenvalue weighted by Gasteiger charge is 1.89. The topological polar surface area (TPSA) is 0 Å². The first kappa shape index (κ1) is 11.6. The van der Waals surface area contributed by atoms with E-state index in [0.717, 1.165) is 6.42 Å². The quantitative estimate of drug-likeness (QED) is 0.377. The molecule has 0 rings (SSSR count). The van der Waals surface area contributed by atoms with Crippen molar-refractivity contribution in [3.05, 3.63) is 12.8 Å². The van der Waals surface area contributed by atoms with Crippen LogP contribution in [0.5, 0.6) is 0 Å². The molecule has 0 aromatic heterocycles. The summed E-state index contributed by atoms with van der Waals surface area (Å²) in [6, 6.07) is 0. The van der Waals surface area contributed by atoms with Gasteiger partial charge in [0.2, 0.25) is 0 Å². The predicted octanol–water partition coefficient (Wildman–Crippen LogP) is 3.92. The lowest BCUT2D eigenvalue weighted by molar-refractivity contribution is 0.589. The Kier molecular flexibility index (Phi) is 10.2. The maximum absolute atomic E-state index is 6.67. The Morgan fingerprint density at radius 1 is 1.00 bits per heavy atom. The van der Waals surface area contributed by atoms with Gasteiger partial charge in [-0.3, -0.25) is 0 Å². The predicted molar refractivity (Wildman–Crippen MR) is 54.0 cm³/mol. The van der Waals surface area contributed by atoms with Crippen LogP contribution >= 0.6 is 0 Å². The van der Waals surface area contributed by atoms with Gasteiger partial charge in [-0.1, -0.05) is 57.8 Å². The summed E-state index contributed by atoms with van der Waals surface area (Å²) >= 11 is 0. The SMILES string of the molecule is [C]#C[CH]CCCCCCCCC. The standard InChI is InChI=1S/C12H20/c1-3-5-7-9-11-12-10-8-6-4-2/h6H,3,5,7-12H2,1H3. The van der Waals surface area contributed by atoms with Gasteiger partial charge in [-0.25, -0.2) is 0 Å². The van der Waals surface area contributed by atoms with Crippen molar-refractivity contribution in [1.82, 2.24) is 0 Å². The van der Waals surface area contributed by atoms with Crippen molar-refractivity contribution in [1.29, 1.82) is 0 Å². The number of unbranched alkanes of at least 4 members (excludes halogenated alkanes) is 8. The first-order chi connectivity index (χ1) is 5.91. The summed E-state index contributed by atoms with van der Waals surface area (Å²) in [6.07, 6.45) is 19.0. The lowest BCUT2D eigenvalue weighted by Gasteiger charge is -1.98. The van der Waals surface area contributed by atoms with Crippen molar-refractivity contribution in [2.45, 2.75) is 58.3 Å². The minimum absolute atomic E-state index is 1.04. The minimum atomic E-state index is 1.04. The average molecular weight is 164 g/mol. The van der Waals surface area contributed by atoms with Crippen molar-refractivity contribution in [3.8, 4) is 5.92 Å². The molecular formula is C12H20. The van der Waals surface area contributed by atoms with Crippen LogP contribution in [0.25, 0.3) is 0 Å². The van der Waals surface area contributed by atoms with Gasteiger partial charge in [0.05, 0.1) is 0 Å². The first-order valence-corrected chi connectivity index (χ1v) is 5.15. The van der Waals surface area contributed by atoms with Crippen molar-refractivity contribution in [3.63, 3.8) is 0 Å². The molecule has 2 radical (unpaired) electrons. The van der Waals surface area contributed by atoms with Crippen LogP contribution in [0.15, 0.2) is 0 Å². The van der Waals surface area contributed by atoms with Crippen molar-refractivity contribution in [2.24, 2.45) is 0 Å². The van der Waals surface area contributed by atoms with Crippen LogP contribution in [-0.2, 0) is 0 Å². The van der Waals surface area contributed by atoms with Gasteiger partial charge in [0, 0.05) is 6.42 Å². The zero-order chi connectivity index (χ0) is 9.07. The van der Waals surface area contributed by atoms with Crippen molar-refractivity contribution in [2.75, 3.05) is 0 Å². The molecule has 0 bridgehead atoms. The molecule has 0 spiro atoms. The molecule has 0 aliphatic rings. The highest BCUT2D eigenvalue weighted by atomic mass is 14.0. The normalized spacial score (nSPS) is 9.67. The van der Waals surface area contributed by atoms with Crippen LogP contribution in [0.4, 0.5) is 0 Å². The lowest BCUT2D eigenvalue weighted by Crippen LogP contribution is -1.80. The first-order valence-electron chi connectivity index (χ1n) is 5.15. The van der Waals surface area contributed by atoms with E-state index < -0.39 is 0 Å². The molecule has 0 aromatic rings. The Hall–Kier alpha value is -0.440. The fourth-order valence-corrected chi connectivity index (χ4v) is 1.28. The third-order valence-corrected chi connectivity index (χ3v) is 2.05. The summed E-state index contributed by atoms with van der Waals surface area (Å²) in [5.41, 5.74) is 0. The minimum Gasteiger partial charge on any atom is -0.0844 e. The highest BCUT2D eigenvalue weighted by molar-refractivity contribution is 4.94. The van der Waals surface area contributed by atoms with E-state index >= 15 is 0 Å². The van der Waals surface area contributed by atoms with E-state index in [2.05, 4.69) is 12.8 Å². The van der Waals surface area contributed by atoms with Gasteiger partial charge in [0.1, 0.15) is 0 Å². The Bertz CT molecular complexity index is 108. The molecule has 68 valence electrons. The average Bonchev–Trinajstić information content (AvgIpc) is 2.10. The molecule has 0 saturated carbocycles. The molecule has 0 N–H and O–H groups in total. The van der Waals surface area contributed by atoms with E-state index in [0.29, 0.717) is 0 Å². The molecule has 0 aliphatic heterocycles. The number of hydrogen-bond acceptors (Lipinski definition) is 0. The fraction of sp³-hybridized carbons (Fsp3) is 0.750. The summed E-state index contributed by atoms with van der Waals surface area (Å²) in [5.74, 6) is 2.30. The van der Waals surface area contributed by atoms with Gasteiger partial charge in [0.25, 0.3) is 0 Å². The molecule has 0 amide bonds. The summed E-state index contributed by atoms with van der Waals surface area (Å²) in [7, 11) is 0. The monoisotopic (exact) mass is 164 g/mol. The van der Waals surface area contributed by atoms with Gasteiger partial charge in [0.15, 0.2) is 0 Å². The summed E-state index contributed by atoms with van der Waals surface area (Å²) in [6.45, 7) is 2.24. The molecule has 0 fully saturated rings. The molecule has 0 heteroatoms. The number of rotatable bonds is 8. The van der Waals surface area contributed by atoms with Crippen LogP contribution in [-0.4, -0.2) is 0 Å². The summed E-state index contributed by atoms with van der Waals surface area (Å²) in [4.78, 5) is 0. The molecule has 0 nitrogen and oxygen atoms in total. The van der Waals surface area contributed by atoms with Crippen molar-refractivity contribution >= 4 is 0 Å². The van der Waals surface area contributed by atoms with Gasteiger partial charge in [-0.05, 0) is 12.8 Å². The molecule has 12 heavy (non-hydrogen) atoms. The van der Waals surface area contributed by atoms with E-state index in [1.54, 1.807) is 0 Å². The van der Waals surface area contributed by atoms with Crippen molar-refractivity contribution < 1.29 is 0 Å². The highest BCUT2D eigenvalue weighted by Crippen LogP contribution is 2.08. The van der Waals surface area contributed by atoms with E-state index in [4.69, 9.17) is 6.42 Å². The van der Waals surface area contributed by atoms with Gasteiger partial charge in [-0.15, -0.1) is 0 Å². The maximum Gasteiger partial charge on any atom is 0.0351 e. The molecule has 0 aliphatic carbocycles. The second-order valence-corrected chi connectivity index (χ2v) is 3.26. The van der Waals surface area contributed by atoms with E-state index in [1.165, 1.54) is 44.9 Å². The molecule has 0 saturated heterocycles. The van der Waals surface area contributed by atoms with Crippen LogP contribution < -0.4 is 0 Å². The molecule has 0 aromatic carbocycles. The third-order valence-electron chi connectivity index (χ3n) is 2.05. The van der Waals surface area contributed by atoms with Crippen LogP contribution in [0.1, 0.15) is 58.3 Å². The van der Waals surface area contributed by atoms with Gasteiger partial charge < -0.3 is 0 Å². The fourth-order valence-electron chi connectivity index (χ4n) is 1.28. The Morgan fingerprint density at radius 2 is 1.58 bits per heavy atom. The van der Waals surface area contributed by atoms with Gasteiger partial charge in [-0.2, -0.15) is 0 Å². The second kappa shape index (κ2) is 10.6. The largest absolute Gasteiger partial charge is 0.0844 e. The lowest BCUT2D eigenvalue weighted by atomic mass is 10.1. The summed E-state index contributed by atoms with van der Waals surface area (Å²) < 4.78 is 0. The smallest absolute Gasteiger partial charge is 0.0351 e. The zero-order valence-corrected chi connectivity index (χ0v) is 8.23. The summed E-state index contributed by atoms with van der Waals surface area (Å²) in [5, 5.41) is 0. The van der Waals surface area contributed by atoms with Gasteiger partial charge >= 0.3 is 0 Å². The van der Waals surface area contributed by atoms with E-state index in [1.807, 2.05) is 6.42 Å². The van der Waals surface area contributed by atoms with Crippen LogP contribution in [0.2, 0.25) is 0 Å².